The Labute approximate surface area is 107 Å². The molecule has 1 aliphatic carbocycles. The zero-order valence-electron chi connectivity index (χ0n) is 10.4. The van der Waals surface area contributed by atoms with Gasteiger partial charge < -0.3 is 10.1 Å². The van der Waals surface area contributed by atoms with Gasteiger partial charge in [-0.15, -0.1) is 11.3 Å². The van der Waals surface area contributed by atoms with E-state index in [1.54, 1.807) is 0 Å². The predicted octanol–water partition coefficient (Wildman–Crippen LogP) is 2.32. The number of ether oxygens (including phenoxy) is 1. The van der Waals surface area contributed by atoms with Gasteiger partial charge in [0.15, 0.2) is 0 Å². The second-order valence-corrected chi connectivity index (χ2v) is 6.13. The van der Waals surface area contributed by atoms with Crippen LogP contribution in [0.3, 0.4) is 0 Å². The molecule has 0 spiro atoms. The Bertz CT molecular complexity index is 361. The van der Waals surface area contributed by atoms with Crippen LogP contribution in [-0.4, -0.2) is 25.2 Å². The van der Waals surface area contributed by atoms with E-state index >= 15 is 0 Å². The van der Waals surface area contributed by atoms with Gasteiger partial charge in [0.1, 0.15) is 5.01 Å². The number of hydrogen-bond donors (Lipinski definition) is 1. The van der Waals surface area contributed by atoms with Crippen LogP contribution >= 0.6 is 11.3 Å². The van der Waals surface area contributed by atoms with Crippen LogP contribution in [0.25, 0.3) is 0 Å². The minimum Gasteiger partial charge on any atom is -0.381 e. The molecule has 1 aliphatic heterocycles. The lowest BCUT2D eigenvalue weighted by Crippen LogP contribution is -2.25. The van der Waals surface area contributed by atoms with E-state index in [1.165, 1.54) is 41.3 Å². The Morgan fingerprint density at radius 3 is 3.00 bits per heavy atom. The molecule has 94 valence electrons. The van der Waals surface area contributed by atoms with Crippen molar-refractivity contribution in [3.8, 4) is 0 Å². The molecule has 17 heavy (non-hydrogen) atoms. The van der Waals surface area contributed by atoms with Crippen LogP contribution in [0, 0.1) is 5.92 Å². The number of thiazole rings is 1. The Kier molecular flexibility index (Phi) is 3.45. The maximum Gasteiger partial charge on any atom is 0.110 e. The first-order valence-corrected chi connectivity index (χ1v) is 7.43. The van der Waals surface area contributed by atoms with Crippen molar-refractivity contribution in [1.29, 1.82) is 0 Å². The summed E-state index contributed by atoms with van der Waals surface area (Å²) in [4.78, 5) is 6.40. The number of aromatic nitrogens is 1. The van der Waals surface area contributed by atoms with E-state index in [-0.39, 0.29) is 0 Å². The first-order valence-electron chi connectivity index (χ1n) is 6.62. The molecular weight excluding hydrogens is 232 g/mol. The molecule has 0 bridgehead atoms. The highest BCUT2D eigenvalue weighted by molar-refractivity contribution is 7.11. The molecular formula is C13H20N2OS. The zero-order valence-corrected chi connectivity index (χ0v) is 11.2. The molecule has 1 fully saturated rings. The van der Waals surface area contributed by atoms with Gasteiger partial charge in [0.2, 0.25) is 0 Å². The van der Waals surface area contributed by atoms with E-state index in [4.69, 9.17) is 9.72 Å². The zero-order chi connectivity index (χ0) is 11.7. The number of nitrogens with one attached hydrogen (secondary N) is 1. The van der Waals surface area contributed by atoms with Crippen LogP contribution in [0.1, 0.15) is 40.9 Å². The van der Waals surface area contributed by atoms with Crippen molar-refractivity contribution >= 4 is 11.3 Å². The summed E-state index contributed by atoms with van der Waals surface area (Å²) in [6, 6.07) is 0.396. The predicted molar refractivity (Wildman–Crippen MR) is 69.5 cm³/mol. The highest BCUT2D eigenvalue weighted by Gasteiger charge is 2.29. The molecule has 1 aromatic rings. The monoisotopic (exact) mass is 252 g/mol. The van der Waals surface area contributed by atoms with Crippen LogP contribution in [0.4, 0.5) is 0 Å². The number of aryl methyl sites for hydroxylation is 2. The first kappa shape index (κ1) is 11.6. The van der Waals surface area contributed by atoms with Crippen LogP contribution in [0.5, 0.6) is 0 Å². The quantitative estimate of drug-likeness (QED) is 0.896. The van der Waals surface area contributed by atoms with Gasteiger partial charge in [-0.1, -0.05) is 0 Å². The van der Waals surface area contributed by atoms with Crippen molar-refractivity contribution in [1.82, 2.24) is 10.3 Å². The van der Waals surface area contributed by atoms with Gasteiger partial charge in [-0.05, 0) is 39.2 Å². The lowest BCUT2D eigenvalue weighted by Gasteiger charge is -2.19. The van der Waals surface area contributed by atoms with Crippen LogP contribution in [0.15, 0.2) is 0 Å². The second-order valence-electron chi connectivity index (χ2n) is 5.02. The third-order valence-corrected chi connectivity index (χ3v) is 5.12. The highest BCUT2D eigenvalue weighted by atomic mass is 32.1. The summed E-state index contributed by atoms with van der Waals surface area (Å²) in [7, 11) is 2.05. The molecule has 1 N–H and O–H groups in total. The molecule has 2 aliphatic rings. The van der Waals surface area contributed by atoms with Crippen molar-refractivity contribution in [3.63, 3.8) is 0 Å². The molecule has 2 unspecified atom stereocenters. The van der Waals surface area contributed by atoms with Crippen LogP contribution < -0.4 is 5.32 Å². The number of rotatable bonds is 3. The Morgan fingerprint density at radius 1 is 1.41 bits per heavy atom. The summed E-state index contributed by atoms with van der Waals surface area (Å²) < 4.78 is 5.50. The van der Waals surface area contributed by atoms with E-state index in [0.717, 1.165) is 19.6 Å². The normalized spacial score (nSPS) is 25.8. The Balaban J connectivity index is 1.83. The minimum atomic E-state index is 0.396. The summed E-state index contributed by atoms with van der Waals surface area (Å²) in [5, 5.41) is 4.72. The average Bonchev–Trinajstić information content (AvgIpc) is 2.98. The smallest absolute Gasteiger partial charge is 0.110 e. The standard InChI is InChI=1S/C13H20N2OS/c1-14-12(9-6-7-16-8-9)13-15-10-4-2-3-5-11(10)17-13/h9,12,14H,2-8H2,1H3. The van der Waals surface area contributed by atoms with Gasteiger partial charge in [0, 0.05) is 17.4 Å². The SMILES string of the molecule is CNC(c1nc2c(s1)CCCC2)C1CCOC1. The van der Waals surface area contributed by atoms with Gasteiger partial charge in [0.05, 0.1) is 18.3 Å². The minimum absolute atomic E-state index is 0.396. The highest BCUT2D eigenvalue weighted by Crippen LogP contribution is 2.34. The van der Waals surface area contributed by atoms with E-state index < -0.39 is 0 Å². The molecule has 3 nitrogen and oxygen atoms in total. The summed E-state index contributed by atoms with van der Waals surface area (Å²) in [6.07, 6.45) is 6.24. The maximum absolute atomic E-state index is 5.50. The van der Waals surface area contributed by atoms with E-state index in [0.29, 0.717) is 12.0 Å². The molecule has 1 saturated heterocycles. The van der Waals surface area contributed by atoms with Gasteiger partial charge in [-0.3, -0.25) is 0 Å². The Morgan fingerprint density at radius 2 is 2.29 bits per heavy atom. The van der Waals surface area contributed by atoms with Crippen molar-refractivity contribution in [2.24, 2.45) is 5.92 Å². The third-order valence-electron chi connectivity index (χ3n) is 3.88. The van der Waals surface area contributed by atoms with Crippen molar-refractivity contribution in [2.45, 2.75) is 38.1 Å². The molecule has 2 heterocycles. The molecule has 4 heteroatoms. The molecule has 3 rings (SSSR count). The summed E-state index contributed by atoms with van der Waals surface area (Å²) in [5.74, 6) is 0.604. The third kappa shape index (κ3) is 2.26. The molecule has 1 aromatic heterocycles. The van der Waals surface area contributed by atoms with Gasteiger partial charge in [-0.2, -0.15) is 0 Å². The average molecular weight is 252 g/mol. The van der Waals surface area contributed by atoms with Crippen molar-refractivity contribution < 1.29 is 4.74 Å². The van der Waals surface area contributed by atoms with E-state index in [9.17, 15) is 0 Å². The van der Waals surface area contributed by atoms with E-state index in [2.05, 4.69) is 5.32 Å². The lowest BCUT2D eigenvalue weighted by molar-refractivity contribution is 0.177. The van der Waals surface area contributed by atoms with Gasteiger partial charge in [0.25, 0.3) is 0 Å². The van der Waals surface area contributed by atoms with Crippen molar-refractivity contribution in [3.05, 3.63) is 15.6 Å². The first-order chi connectivity index (χ1) is 8.38. The summed E-state index contributed by atoms with van der Waals surface area (Å²) >= 11 is 1.93. The number of nitrogens with zero attached hydrogens (tertiary/aromatic N) is 1. The molecule has 0 saturated carbocycles. The summed E-state index contributed by atoms with van der Waals surface area (Å²) in [5.41, 5.74) is 1.37. The molecule has 2 atom stereocenters. The second kappa shape index (κ2) is 5.04. The lowest BCUT2D eigenvalue weighted by atomic mass is 9.99. The van der Waals surface area contributed by atoms with Crippen LogP contribution in [0.2, 0.25) is 0 Å². The fourth-order valence-corrected chi connectivity index (χ4v) is 4.24. The maximum atomic E-state index is 5.50. The molecule has 0 radical (unpaired) electrons. The van der Waals surface area contributed by atoms with E-state index in [1.807, 2.05) is 18.4 Å². The van der Waals surface area contributed by atoms with Gasteiger partial charge >= 0.3 is 0 Å². The topological polar surface area (TPSA) is 34.2 Å². The van der Waals surface area contributed by atoms with Crippen LogP contribution in [-0.2, 0) is 17.6 Å². The van der Waals surface area contributed by atoms with Crippen molar-refractivity contribution in [2.75, 3.05) is 20.3 Å². The molecule has 0 amide bonds. The summed E-state index contributed by atoms with van der Waals surface area (Å²) in [6.45, 7) is 1.80. The number of hydrogen-bond acceptors (Lipinski definition) is 4. The number of fused-ring (bicyclic) bond motifs is 1. The fourth-order valence-electron chi connectivity index (χ4n) is 2.88. The fraction of sp³-hybridized carbons (Fsp3) is 0.769. The largest absolute Gasteiger partial charge is 0.381 e. The molecule has 0 aromatic carbocycles. The van der Waals surface area contributed by atoms with Gasteiger partial charge in [-0.25, -0.2) is 4.98 Å². The Hall–Kier alpha value is -0.450.